The van der Waals surface area contributed by atoms with Crippen LogP contribution < -0.4 is 0 Å². The van der Waals surface area contributed by atoms with E-state index in [1.807, 2.05) is 0 Å². The second-order valence-corrected chi connectivity index (χ2v) is 2.27. The van der Waals surface area contributed by atoms with Crippen LogP contribution in [0.3, 0.4) is 0 Å². The zero-order chi connectivity index (χ0) is 7.28. The molecule has 4 nitrogen and oxygen atoms in total. The van der Waals surface area contributed by atoms with Gasteiger partial charge in [0.1, 0.15) is 0 Å². The fourth-order valence-corrected chi connectivity index (χ4v) is 0.677. The summed E-state index contributed by atoms with van der Waals surface area (Å²) in [5, 5.41) is 16.0. The SMILES string of the molecule is O=C(O)CSCC(=O)O. The third kappa shape index (κ3) is 7.29. The Morgan fingerprint density at radius 1 is 1.11 bits per heavy atom. The van der Waals surface area contributed by atoms with Crippen LogP contribution in [0.2, 0.25) is 0 Å². The van der Waals surface area contributed by atoms with Crippen LogP contribution in [0.15, 0.2) is 0 Å². The maximum absolute atomic E-state index is 9.77. The largest absolute Gasteiger partial charge is 0.481 e. The summed E-state index contributed by atoms with van der Waals surface area (Å²) >= 11 is 0.870. The summed E-state index contributed by atoms with van der Waals surface area (Å²) in [7, 11) is 0. The lowest BCUT2D eigenvalue weighted by Crippen LogP contribution is -2.03. The van der Waals surface area contributed by atoms with Gasteiger partial charge in [-0.15, -0.1) is 11.8 Å². The van der Waals surface area contributed by atoms with Gasteiger partial charge in [-0.05, 0) is 0 Å². The third-order valence-electron chi connectivity index (χ3n) is 0.451. The Balaban J connectivity index is 3.10. The van der Waals surface area contributed by atoms with Gasteiger partial charge in [0.05, 0.1) is 11.5 Å². The van der Waals surface area contributed by atoms with E-state index < -0.39 is 11.9 Å². The van der Waals surface area contributed by atoms with Crippen LogP contribution >= 0.6 is 11.8 Å². The summed E-state index contributed by atoms with van der Waals surface area (Å²) in [5.41, 5.74) is 0. The van der Waals surface area contributed by atoms with E-state index in [4.69, 9.17) is 10.2 Å². The minimum atomic E-state index is -0.985. The number of aliphatic carboxylic acids is 2. The van der Waals surface area contributed by atoms with E-state index in [-0.39, 0.29) is 11.5 Å². The van der Waals surface area contributed by atoms with Crippen molar-refractivity contribution in [3.8, 4) is 0 Å². The molecule has 0 aromatic rings. The summed E-state index contributed by atoms with van der Waals surface area (Å²) in [6.07, 6.45) is 0. The highest BCUT2D eigenvalue weighted by molar-refractivity contribution is 8.00. The van der Waals surface area contributed by atoms with Gasteiger partial charge in [-0.2, -0.15) is 0 Å². The number of carbonyl (C=O) groups is 2. The maximum Gasteiger partial charge on any atom is 0.313 e. The van der Waals surface area contributed by atoms with Crippen LogP contribution in [0.1, 0.15) is 0 Å². The summed E-state index contributed by atoms with van der Waals surface area (Å²) in [6, 6.07) is 0. The predicted molar refractivity (Wildman–Crippen MR) is 32.6 cm³/mol. The lowest BCUT2D eigenvalue weighted by molar-refractivity contribution is -0.134. The Morgan fingerprint density at radius 3 is 1.67 bits per heavy atom. The molecule has 0 heterocycles. The van der Waals surface area contributed by atoms with Crippen LogP contribution in [-0.2, 0) is 9.59 Å². The topological polar surface area (TPSA) is 74.6 Å². The fourth-order valence-electron chi connectivity index (χ4n) is 0.226. The molecule has 0 atom stereocenters. The van der Waals surface area contributed by atoms with Gasteiger partial charge < -0.3 is 10.2 Å². The van der Waals surface area contributed by atoms with Crippen molar-refractivity contribution >= 4 is 23.7 Å². The van der Waals surface area contributed by atoms with Crippen LogP contribution in [0.25, 0.3) is 0 Å². The monoisotopic (exact) mass is 150 g/mol. The Morgan fingerprint density at radius 2 is 1.44 bits per heavy atom. The molecule has 0 saturated carbocycles. The van der Waals surface area contributed by atoms with Gasteiger partial charge in [0, 0.05) is 0 Å². The van der Waals surface area contributed by atoms with E-state index in [9.17, 15) is 9.59 Å². The zero-order valence-electron chi connectivity index (χ0n) is 4.53. The van der Waals surface area contributed by atoms with Crippen molar-refractivity contribution in [2.45, 2.75) is 0 Å². The highest BCUT2D eigenvalue weighted by atomic mass is 32.2. The number of hydrogen-bond acceptors (Lipinski definition) is 3. The van der Waals surface area contributed by atoms with Gasteiger partial charge in [-0.25, -0.2) is 0 Å². The molecule has 2 N–H and O–H groups in total. The Bertz CT molecular complexity index is 108. The van der Waals surface area contributed by atoms with Gasteiger partial charge in [0.25, 0.3) is 0 Å². The summed E-state index contributed by atoms with van der Waals surface area (Å²) in [5.74, 6) is -2.26. The van der Waals surface area contributed by atoms with Gasteiger partial charge >= 0.3 is 11.9 Å². The van der Waals surface area contributed by atoms with E-state index >= 15 is 0 Å². The summed E-state index contributed by atoms with van der Waals surface area (Å²) in [4.78, 5) is 19.5. The molecule has 0 rings (SSSR count). The number of carboxylic acid groups (broad SMARTS) is 2. The zero-order valence-corrected chi connectivity index (χ0v) is 5.35. The van der Waals surface area contributed by atoms with E-state index in [0.29, 0.717) is 0 Å². The average Bonchev–Trinajstić information content (AvgIpc) is 1.63. The number of hydrogen-bond donors (Lipinski definition) is 2. The molecule has 0 aliphatic carbocycles. The van der Waals surface area contributed by atoms with Crippen LogP contribution in [0, 0.1) is 0 Å². The van der Waals surface area contributed by atoms with Gasteiger partial charge in [0.2, 0.25) is 0 Å². The summed E-state index contributed by atoms with van der Waals surface area (Å²) in [6.45, 7) is 0. The molecule has 0 saturated heterocycles. The lowest BCUT2D eigenvalue weighted by Gasteiger charge is -1.89. The molecule has 0 aromatic carbocycles. The van der Waals surface area contributed by atoms with Gasteiger partial charge in [0.15, 0.2) is 0 Å². The van der Waals surface area contributed by atoms with Crippen LogP contribution in [-0.4, -0.2) is 33.7 Å². The van der Waals surface area contributed by atoms with Crippen LogP contribution in [0.5, 0.6) is 0 Å². The molecule has 0 aliphatic heterocycles. The molecule has 0 bridgehead atoms. The maximum atomic E-state index is 9.77. The minimum absolute atomic E-state index is 0.147. The molecule has 9 heavy (non-hydrogen) atoms. The quantitative estimate of drug-likeness (QED) is 0.584. The highest BCUT2D eigenvalue weighted by Crippen LogP contribution is 1.96. The van der Waals surface area contributed by atoms with Crippen molar-refractivity contribution in [2.24, 2.45) is 0 Å². The first kappa shape index (κ1) is 8.29. The van der Waals surface area contributed by atoms with E-state index in [2.05, 4.69) is 0 Å². The molecule has 0 spiro atoms. The Hall–Kier alpha value is -0.710. The predicted octanol–water partition coefficient (Wildman–Crippen LogP) is -0.111. The molecular formula is C4H6O4S. The molecule has 5 heteroatoms. The first-order valence-corrected chi connectivity index (χ1v) is 3.29. The van der Waals surface area contributed by atoms with Crippen molar-refractivity contribution in [3.63, 3.8) is 0 Å². The van der Waals surface area contributed by atoms with Crippen molar-refractivity contribution in [2.75, 3.05) is 11.5 Å². The van der Waals surface area contributed by atoms with Crippen molar-refractivity contribution < 1.29 is 19.8 Å². The van der Waals surface area contributed by atoms with Crippen molar-refractivity contribution in [3.05, 3.63) is 0 Å². The normalized spacial score (nSPS) is 8.89. The second kappa shape index (κ2) is 4.20. The molecule has 0 aromatic heterocycles. The molecule has 52 valence electrons. The Labute approximate surface area is 55.9 Å². The standard InChI is InChI=1S/C4H6O4S/c5-3(6)1-9-2-4(7)8/h1-2H2,(H,5,6)(H,7,8). The van der Waals surface area contributed by atoms with Crippen molar-refractivity contribution in [1.29, 1.82) is 0 Å². The molecule has 0 fully saturated rings. The number of thioether (sulfide) groups is 1. The smallest absolute Gasteiger partial charge is 0.313 e. The third-order valence-corrected chi connectivity index (χ3v) is 1.35. The van der Waals surface area contributed by atoms with Crippen molar-refractivity contribution in [1.82, 2.24) is 0 Å². The first-order chi connectivity index (χ1) is 4.13. The minimum Gasteiger partial charge on any atom is -0.481 e. The van der Waals surface area contributed by atoms with Gasteiger partial charge in [-0.3, -0.25) is 9.59 Å². The lowest BCUT2D eigenvalue weighted by atomic mass is 10.8. The first-order valence-electron chi connectivity index (χ1n) is 2.14. The van der Waals surface area contributed by atoms with Gasteiger partial charge in [-0.1, -0.05) is 0 Å². The average molecular weight is 150 g/mol. The molecular weight excluding hydrogens is 144 g/mol. The molecule has 0 aliphatic rings. The van der Waals surface area contributed by atoms with Crippen LogP contribution in [0.4, 0.5) is 0 Å². The number of rotatable bonds is 4. The second-order valence-electron chi connectivity index (χ2n) is 1.28. The number of carboxylic acids is 2. The van der Waals surface area contributed by atoms with E-state index in [0.717, 1.165) is 11.8 Å². The summed E-state index contributed by atoms with van der Waals surface area (Å²) < 4.78 is 0. The Kier molecular flexibility index (Phi) is 3.87. The van der Waals surface area contributed by atoms with E-state index in [1.165, 1.54) is 0 Å². The van der Waals surface area contributed by atoms with E-state index in [1.54, 1.807) is 0 Å². The molecule has 0 unspecified atom stereocenters. The highest BCUT2D eigenvalue weighted by Gasteiger charge is 1.99. The molecule has 0 amide bonds. The fraction of sp³-hybridized carbons (Fsp3) is 0.500. The molecule has 0 radical (unpaired) electrons.